The number of aromatic nitrogens is 1. The molecule has 2 aliphatic rings. The van der Waals surface area contributed by atoms with Crippen LogP contribution in [0.4, 0.5) is 10.5 Å². The lowest BCUT2D eigenvalue weighted by molar-refractivity contribution is 0.110. The van der Waals surface area contributed by atoms with Gasteiger partial charge in [-0.3, -0.25) is 4.90 Å². The van der Waals surface area contributed by atoms with Crippen LogP contribution in [0, 0.1) is 0 Å². The van der Waals surface area contributed by atoms with E-state index in [-0.39, 0.29) is 12.8 Å². The first-order chi connectivity index (χ1) is 18.0. The molecule has 1 N–H and O–H groups in total. The van der Waals surface area contributed by atoms with E-state index in [1.807, 2.05) is 32.0 Å². The number of oxazole rings is 1. The number of nitrogens with one attached hydrogen (secondary N) is 1. The van der Waals surface area contributed by atoms with E-state index in [1.54, 1.807) is 0 Å². The van der Waals surface area contributed by atoms with Crippen molar-refractivity contribution in [3.8, 4) is 0 Å². The van der Waals surface area contributed by atoms with Crippen LogP contribution in [0.15, 0.2) is 69.9 Å². The van der Waals surface area contributed by atoms with Crippen molar-refractivity contribution in [3.05, 3.63) is 82.4 Å². The van der Waals surface area contributed by atoms with Crippen molar-refractivity contribution in [2.24, 2.45) is 0 Å². The lowest BCUT2D eigenvalue weighted by atomic mass is 9.96. The first kappa shape index (κ1) is 24.9. The van der Waals surface area contributed by atoms with Crippen molar-refractivity contribution < 1.29 is 13.9 Å². The number of anilines is 1. The Hall–Kier alpha value is -3.78. The number of ether oxygens (including phenoxy) is 1. The minimum absolute atomic E-state index is 0.0498. The smallest absolute Gasteiger partial charge is 0.422 e. The second-order valence-corrected chi connectivity index (χ2v) is 9.90. The second-order valence-electron chi connectivity index (χ2n) is 9.90. The fourth-order valence-corrected chi connectivity index (χ4v) is 4.96. The largest absolute Gasteiger partial charge is 0.428 e. The summed E-state index contributed by atoms with van der Waals surface area (Å²) in [6.07, 6.45) is 8.22. The predicted octanol–water partition coefficient (Wildman–Crippen LogP) is 4.74. The molecule has 1 aliphatic carbocycles. The average molecular weight is 503 g/mol. The van der Waals surface area contributed by atoms with Crippen molar-refractivity contribution in [3.63, 3.8) is 0 Å². The van der Waals surface area contributed by atoms with Crippen molar-refractivity contribution in [2.75, 3.05) is 31.1 Å². The van der Waals surface area contributed by atoms with E-state index in [4.69, 9.17) is 9.15 Å². The molecule has 0 radical (unpaired) electrons. The summed E-state index contributed by atoms with van der Waals surface area (Å²) in [5.41, 5.74) is 6.08. The van der Waals surface area contributed by atoms with E-state index >= 15 is 0 Å². The van der Waals surface area contributed by atoms with Crippen molar-refractivity contribution in [1.29, 1.82) is 0 Å². The van der Waals surface area contributed by atoms with Gasteiger partial charge in [-0.2, -0.15) is 0 Å². The molecule has 1 amide bonds. The molecule has 1 fully saturated rings. The molecule has 0 unspecified atom stereocenters. The molecular weight excluding hydrogens is 468 g/mol. The van der Waals surface area contributed by atoms with Crippen LogP contribution in [-0.4, -0.2) is 47.8 Å². The van der Waals surface area contributed by atoms with E-state index in [0.717, 1.165) is 51.3 Å². The Kier molecular flexibility index (Phi) is 7.46. The number of carbonyl (C=O) groups excluding carboxylic acids is 1. The Balaban J connectivity index is 1.24. The summed E-state index contributed by atoms with van der Waals surface area (Å²) in [6, 6.07) is 14.5. The third-order valence-electron chi connectivity index (χ3n) is 6.84. The van der Waals surface area contributed by atoms with Gasteiger partial charge in [0.1, 0.15) is 0 Å². The van der Waals surface area contributed by atoms with E-state index in [0.29, 0.717) is 11.1 Å². The van der Waals surface area contributed by atoms with Gasteiger partial charge in [0.2, 0.25) is 0 Å². The maximum absolute atomic E-state index is 12.6. The van der Waals surface area contributed by atoms with Crippen molar-refractivity contribution in [2.45, 2.75) is 46.0 Å². The van der Waals surface area contributed by atoms with Crippen molar-refractivity contribution in [1.82, 2.24) is 14.8 Å². The lowest BCUT2D eigenvalue weighted by Gasteiger charge is -2.36. The van der Waals surface area contributed by atoms with Gasteiger partial charge >= 0.3 is 11.8 Å². The first-order valence-electron chi connectivity index (χ1n) is 13.0. The number of hydrogen-bond donors (Lipinski definition) is 1. The van der Waals surface area contributed by atoms with Gasteiger partial charge in [0.15, 0.2) is 12.3 Å². The molecule has 1 saturated heterocycles. The lowest BCUT2D eigenvalue weighted by Crippen LogP contribution is -2.46. The predicted molar refractivity (Wildman–Crippen MR) is 146 cm³/mol. The van der Waals surface area contributed by atoms with Gasteiger partial charge in [-0.25, -0.2) is 14.2 Å². The zero-order valence-electron chi connectivity index (χ0n) is 21.5. The molecule has 0 atom stereocenters. The molecule has 5 rings (SSSR count). The molecule has 1 aromatic heterocycles. The summed E-state index contributed by atoms with van der Waals surface area (Å²) < 4.78 is 12.2. The van der Waals surface area contributed by atoms with Crippen LogP contribution in [0.1, 0.15) is 37.8 Å². The number of alkyl carbamates (subject to hydrolysis) is 1. The number of rotatable bonds is 7. The summed E-state index contributed by atoms with van der Waals surface area (Å²) >= 11 is 0. The zero-order chi connectivity index (χ0) is 25.8. The molecule has 2 aromatic carbocycles. The minimum atomic E-state index is -0.568. The summed E-state index contributed by atoms with van der Waals surface area (Å²) in [5.74, 6) is -0.540. The van der Waals surface area contributed by atoms with E-state index in [1.165, 1.54) is 21.3 Å². The standard InChI is InChI=1S/C29H34N4O4/c1-21(2)30-28(34)36-20-33-26-13-7-12-25(27(26)37-29(33)35)32-16-14-31(15-17-32)19-22-8-6-11-24(18-22)23-9-4-3-5-10-23/h3-4,6-9,11-13,18,21H,5,10,14-17,19-20H2,1-2H3,(H,30,34). The fourth-order valence-electron chi connectivity index (χ4n) is 4.96. The Morgan fingerprint density at radius 2 is 1.92 bits per heavy atom. The van der Waals surface area contributed by atoms with Crippen molar-refractivity contribution >= 4 is 28.5 Å². The van der Waals surface area contributed by atoms with Gasteiger partial charge in [-0.05, 0) is 55.5 Å². The number of nitrogens with zero attached hydrogens (tertiary/aromatic N) is 3. The summed E-state index contributed by atoms with van der Waals surface area (Å²) in [6.45, 7) is 7.89. The van der Waals surface area contributed by atoms with Gasteiger partial charge in [0.05, 0.1) is 11.2 Å². The van der Waals surface area contributed by atoms with E-state index in [2.05, 4.69) is 57.6 Å². The monoisotopic (exact) mass is 502 g/mol. The van der Waals surface area contributed by atoms with Gasteiger partial charge in [-0.1, -0.05) is 48.6 Å². The van der Waals surface area contributed by atoms with Crippen LogP contribution in [-0.2, 0) is 18.0 Å². The highest BCUT2D eigenvalue weighted by molar-refractivity contribution is 5.87. The molecule has 3 aromatic rings. The van der Waals surface area contributed by atoms with Crippen LogP contribution < -0.4 is 16.0 Å². The quantitative estimate of drug-likeness (QED) is 0.503. The van der Waals surface area contributed by atoms with Crippen LogP contribution in [0.2, 0.25) is 0 Å². The normalized spacial score (nSPS) is 16.3. The highest BCUT2D eigenvalue weighted by atomic mass is 16.6. The van der Waals surface area contributed by atoms with Crippen LogP contribution in [0.5, 0.6) is 0 Å². The Bertz CT molecular complexity index is 1380. The van der Waals surface area contributed by atoms with Gasteiger partial charge < -0.3 is 19.4 Å². The summed E-state index contributed by atoms with van der Waals surface area (Å²) in [4.78, 5) is 29.2. The second kappa shape index (κ2) is 11.1. The Labute approximate surface area is 216 Å². The SMILES string of the molecule is CC(C)NC(=O)OCn1c(=O)oc2c(N3CCN(Cc4cccc(C5=CC=CCC5)c4)CC3)cccc21. The number of carbonyl (C=O) groups is 1. The Morgan fingerprint density at radius 1 is 1.11 bits per heavy atom. The molecule has 0 bridgehead atoms. The third-order valence-corrected chi connectivity index (χ3v) is 6.84. The van der Waals surface area contributed by atoms with E-state index in [9.17, 15) is 9.59 Å². The Morgan fingerprint density at radius 3 is 2.68 bits per heavy atom. The molecule has 0 saturated carbocycles. The number of para-hydroxylation sites is 1. The molecule has 0 spiro atoms. The van der Waals surface area contributed by atoms with Gasteiger partial charge in [0.25, 0.3) is 0 Å². The molecule has 2 heterocycles. The summed E-state index contributed by atoms with van der Waals surface area (Å²) in [5, 5.41) is 2.65. The summed E-state index contributed by atoms with van der Waals surface area (Å²) in [7, 11) is 0. The maximum atomic E-state index is 12.6. The first-order valence-corrected chi connectivity index (χ1v) is 13.0. The number of fused-ring (bicyclic) bond motifs is 1. The molecule has 194 valence electrons. The van der Waals surface area contributed by atoms with Crippen LogP contribution in [0.3, 0.4) is 0 Å². The number of amides is 1. The molecule has 8 nitrogen and oxygen atoms in total. The molecule has 37 heavy (non-hydrogen) atoms. The topological polar surface area (TPSA) is 79.9 Å². The molecule has 8 heteroatoms. The van der Waals surface area contributed by atoms with Gasteiger partial charge in [-0.15, -0.1) is 0 Å². The number of allylic oxidation sites excluding steroid dienone is 4. The highest BCUT2D eigenvalue weighted by Crippen LogP contribution is 2.28. The number of hydrogen-bond acceptors (Lipinski definition) is 6. The fraction of sp³-hybridized carbons (Fsp3) is 0.379. The average Bonchev–Trinajstić information content (AvgIpc) is 3.23. The van der Waals surface area contributed by atoms with Gasteiger partial charge in [0, 0.05) is 38.8 Å². The maximum Gasteiger partial charge on any atom is 0.422 e. The zero-order valence-corrected chi connectivity index (χ0v) is 21.5. The highest BCUT2D eigenvalue weighted by Gasteiger charge is 2.22. The molecule has 1 aliphatic heterocycles. The molecular formula is C29H34N4O4. The third kappa shape index (κ3) is 5.80. The number of piperazine rings is 1. The number of benzene rings is 2. The van der Waals surface area contributed by atoms with Crippen LogP contribution in [0.25, 0.3) is 16.7 Å². The van der Waals surface area contributed by atoms with Crippen LogP contribution >= 0.6 is 0 Å². The van der Waals surface area contributed by atoms with E-state index < -0.39 is 11.8 Å². The minimum Gasteiger partial charge on any atom is -0.428 e.